The molecule has 0 spiro atoms. The second kappa shape index (κ2) is 17.9. The molecule has 1 aliphatic rings. The highest BCUT2D eigenvalue weighted by atomic mass is 16.6. The zero-order valence-corrected chi connectivity index (χ0v) is 20.3. The molecular formula is C22H41NO10. The van der Waals surface area contributed by atoms with Gasteiger partial charge in [0.05, 0.1) is 72.2 Å². The largest absolute Gasteiger partial charge is 0.480 e. The summed E-state index contributed by atoms with van der Waals surface area (Å²) in [6.07, 6.45) is 1.47. The van der Waals surface area contributed by atoms with Crippen molar-refractivity contribution >= 4 is 12.1 Å². The molecule has 1 amide bonds. The first-order valence-electron chi connectivity index (χ1n) is 11.5. The molecule has 33 heavy (non-hydrogen) atoms. The molecule has 1 rings (SSSR count). The highest BCUT2D eigenvalue weighted by Gasteiger charge is 2.27. The minimum absolute atomic E-state index is 0.141. The second-order valence-electron chi connectivity index (χ2n) is 8.43. The van der Waals surface area contributed by atoms with E-state index in [9.17, 15) is 9.59 Å². The molecule has 194 valence electrons. The molecule has 0 aromatic heterocycles. The molecule has 0 saturated carbocycles. The van der Waals surface area contributed by atoms with Crippen LogP contribution in [0.3, 0.4) is 0 Å². The molecule has 1 N–H and O–H groups in total. The van der Waals surface area contributed by atoms with Crippen molar-refractivity contribution in [1.82, 2.24) is 4.90 Å². The van der Waals surface area contributed by atoms with Gasteiger partial charge in [-0.2, -0.15) is 0 Å². The predicted molar refractivity (Wildman–Crippen MR) is 119 cm³/mol. The molecule has 11 heteroatoms. The fourth-order valence-corrected chi connectivity index (χ4v) is 2.84. The topological polar surface area (TPSA) is 122 Å². The summed E-state index contributed by atoms with van der Waals surface area (Å²) in [5.74, 6) is -0.994. The first-order valence-corrected chi connectivity index (χ1v) is 11.5. The Balaban J connectivity index is 1.81. The van der Waals surface area contributed by atoms with Crippen LogP contribution in [0.1, 0.15) is 33.6 Å². The standard InChI is InChI=1S/C22H41NO10/c1-22(2,3)33-21(26)23-6-4-19(5-7-23)32-17-16-30-13-12-28-9-8-27-10-11-29-14-15-31-18-20(24)25/h19H,4-18H2,1-3H3,(H,24,25). The molecule has 0 unspecified atom stereocenters. The Morgan fingerprint density at radius 1 is 0.758 bits per heavy atom. The summed E-state index contributed by atoms with van der Waals surface area (Å²) in [6.45, 7) is 10.9. The van der Waals surface area contributed by atoms with E-state index in [2.05, 4.69) is 0 Å². The van der Waals surface area contributed by atoms with E-state index in [1.807, 2.05) is 20.8 Å². The van der Waals surface area contributed by atoms with E-state index in [1.165, 1.54) is 0 Å². The van der Waals surface area contributed by atoms with Gasteiger partial charge >= 0.3 is 12.1 Å². The third-order valence-corrected chi connectivity index (χ3v) is 4.39. The van der Waals surface area contributed by atoms with Crippen molar-refractivity contribution in [2.75, 3.05) is 85.8 Å². The van der Waals surface area contributed by atoms with Gasteiger partial charge in [0, 0.05) is 13.1 Å². The van der Waals surface area contributed by atoms with Crippen LogP contribution in [-0.2, 0) is 38.0 Å². The molecule has 1 heterocycles. The Hall–Kier alpha value is -1.50. The van der Waals surface area contributed by atoms with E-state index in [1.54, 1.807) is 4.90 Å². The summed E-state index contributed by atoms with van der Waals surface area (Å²) in [6, 6.07) is 0. The van der Waals surface area contributed by atoms with E-state index in [-0.39, 0.29) is 25.4 Å². The lowest BCUT2D eigenvalue weighted by molar-refractivity contribution is -0.142. The quantitative estimate of drug-likeness (QED) is 0.290. The van der Waals surface area contributed by atoms with Crippen molar-refractivity contribution in [3.8, 4) is 0 Å². The van der Waals surface area contributed by atoms with Crippen LogP contribution in [0.25, 0.3) is 0 Å². The Kier molecular flexibility index (Phi) is 16.0. The van der Waals surface area contributed by atoms with Crippen LogP contribution in [0.15, 0.2) is 0 Å². The number of hydrogen-bond donors (Lipinski definition) is 1. The highest BCUT2D eigenvalue weighted by Crippen LogP contribution is 2.17. The highest BCUT2D eigenvalue weighted by molar-refractivity contribution is 5.68. The van der Waals surface area contributed by atoms with Gasteiger partial charge in [0.2, 0.25) is 0 Å². The number of hydrogen-bond acceptors (Lipinski definition) is 9. The van der Waals surface area contributed by atoms with E-state index >= 15 is 0 Å². The van der Waals surface area contributed by atoms with Crippen molar-refractivity contribution in [1.29, 1.82) is 0 Å². The number of carboxylic acid groups (broad SMARTS) is 1. The molecule has 0 bridgehead atoms. The fourth-order valence-electron chi connectivity index (χ4n) is 2.84. The molecule has 1 saturated heterocycles. The number of carbonyl (C=O) groups excluding carboxylic acids is 1. The first-order chi connectivity index (χ1) is 15.8. The molecule has 0 aromatic rings. The van der Waals surface area contributed by atoms with Crippen LogP contribution in [0.4, 0.5) is 4.79 Å². The van der Waals surface area contributed by atoms with Gasteiger partial charge in [0.25, 0.3) is 0 Å². The maximum Gasteiger partial charge on any atom is 0.410 e. The van der Waals surface area contributed by atoms with Gasteiger partial charge in [-0.25, -0.2) is 9.59 Å². The lowest BCUT2D eigenvalue weighted by atomic mass is 10.1. The number of nitrogens with zero attached hydrogens (tertiary/aromatic N) is 1. The minimum atomic E-state index is -0.994. The van der Waals surface area contributed by atoms with Gasteiger partial charge in [-0.15, -0.1) is 0 Å². The number of aliphatic carboxylic acids is 1. The van der Waals surface area contributed by atoms with E-state index in [4.69, 9.17) is 38.3 Å². The predicted octanol–water partition coefficient (Wildman–Crippen LogP) is 1.57. The molecular weight excluding hydrogens is 438 g/mol. The molecule has 0 atom stereocenters. The smallest absolute Gasteiger partial charge is 0.410 e. The Morgan fingerprint density at radius 3 is 1.61 bits per heavy atom. The van der Waals surface area contributed by atoms with Crippen LogP contribution < -0.4 is 0 Å². The van der Waals surface area contributed by atoms with Gasteiger partial charge in [0.15, 0.2) is 0 Å². The number of piperidine rings is 1. The third kappa shape index (κ3) is 17.6. The molecule has 0 radical (unpaired) electrons. The summed E-state index contributed by atoms with van der Waals surface area (Å²) in [5, 5.41) is 8.40. The normalized spacial score (nSPS) is 15.1. The molecule has 0 aliphatic carbocycles. The average Bonchev–Trinajstić information content (AvgIpc) is 2.75. The summed E-state index contributed by atoms with van der Waals surface area (Å²) >= 11 is 0. The van der Waals surface area contributed by atoms with Crippen LogP contribution in [0, 0.1) is 0 Å². The zero-order chi connectivity index (χ0) is 24.4. The maximum absolute atomic E-state index is 12.1. The van der Waals surface area contributed by atoms with Gasteiger partial charge in [-0.05, 0) is 33.6 Å². The number of amides is 1. The molecule has 1 aliphatic heterocycles. The van der Waals surface area contributed by atoms with Crippen molar-refractivity contribution in [2.24, 2.45) is 0 Å². The van der Waals surface area contributed by atoms with Crippen molar-refractivity contribution < 1.29 is 47.9 Å². The van der Waals surface area contributed by atoms with Crippen molar-refractivity contribution in [3.63, 3.8) is 0 Å². The number of rotatable bonds is 18. The zero-order valence-electron chi connectivity index (χ0n) is 20.3. The molecule has 11 nitrogen and oxygen atoms in total. The SMILES string of the molecule is CC(C)(C)OC(=O)N1CCC(OCCOCCOCCOCCOCCOCC(=O)O)CC1. The Bertz CT molecular complexity index is 518. The fraction of sp³-hybridized carbons (Fsp3) is 0.909. The summed E-state index contributed by atoms with van der Waals surface area (Å²) in [5.41, 5.74) is -0.476. The number of carbonyl (C=O) groups is 2. The second-order valence-corrected chi connectivity index (χ2v) is 8.43. The van der Waals surface area contributed by atoms with Crippen LogP contribution in [-0.4, -0.2) is 120 Å². The first kappa shape index (κ1) is 29.5. The maximum atomic E-state index is 12.1. The van der Waals surface area contributed by atoms with Gasteiger partial charge in [-0.3, -0.25) is 0 Å². The van der Waals surface area contributed by atoms with Gasteiger partial charge in [0.1, 0.15) is 12.2 Å². The number of carboxylic acids is 1. The Labute approximate surface area is 196 Å². The van der Waals surface area contributed by atoms with Gasteiger partial charge in [-0.1, -0.05) is 0 Å². The minimum Gasteiger partial charge on any atom is -0.480 e. The van der Waals surface area contributed by atoms with Crippen LogP contribution >= 0.6 is 0 Å². The van der Waals surface area contributed by atoms with Crippen LogP contribution in [0.2, 0.25) is 0 Å². The molecule has 1 fully saturated rings. The van der Waals surface area contributed by atoms with E-state index < -0.39 is 11.6 Å². The summed E-state index contributed by atoms with van der Waals surface area (Å²) in [4.78, 5) is 24.0. The van der Waals surface area contributed by atoms with Crippen LogP contribution in [0.5, 0.6) is 0 Å². The number of likely N-dealkylation sites (tertiary alicyclic amines) is 1. The average molecular weight is 480 g/mol. The third-order valence-electron chi connectivity index (χ3n) is 4.39. The van der Waals surface area contributed by atoms with Crippen molar-refractivity contribution in [3.05, 3.63) is 0 Å². The Morgan fingerprint density at radius 2 is 1.18 bits per heavy atom. The van der Waals surface area contributed by atoms with E-state index in [0.29, 0.717) is 72.6 Å². The monoisotopic (exact) mass is 479 g/mol. The summed E-state index contributed by atoms with van der Waals surface area (Å²) < 4.78 is 37.6. The number of ether oxygens (including phenoxy) is 7. The molecule has 0 aromatic carbocycles. The van der Waals surface area contributed by atoms with E-state index in [0.717, 1.165) is 12.8 Å². The summed E-state index contributed by atoms with van der Waals surface area (Å²) in [7, 11) is 0. The van der Waals surface area contributed by atoms with Gasteiger partial charge < -0.3 is 43.2 Å². The lowest BCUT2D eigenvalue weighted by Gasteiger charge is -2.33. The van der Waals surface area contributed by atoms with Crippen molar-refractivity contribution in [2.45, 2.75) is 45.3 Å². The lowest BCUT2D eigenvalue weighted by Crippen LogP contribution is -2.43.